The Labute approximate surface area is 399 Å². The molecule has 380 valence electrons. The van der Waals surface area contributed by atoms with Gasteiger partial charge < -0.3 is 14.2 Å². The van der Waals surface area contributed by atoms with E-state index in [0.29, 0.717) is 19.3 Å². The summed E-state index contributed by atoms with van der Waals surface area (Å²) in [7, 11) is 0. The van der Waals surface area contributed by atoms with Gasteiger partial charge in [-0.05, 0) is 37.0 Å². The Morgan fingerprint density at radius 2 is 0.547 bits per heavy atom. The average molecular weight is 906 g/mol. The Morgan fingerprint density at radius 3 is 0.812 bits per heavy atom. The van der Waals surface area contributed by atoms with Crippen LogP contribution in [-0.4, -0.2) is 37.2 Å². The first-order valence-corrected chi connectivity index (χ1v) is 28.6. The Bertz CT molecular complexity index is 993. The summed E-state index contributed by atoms with van der Waals surface area (Å²) >= 11 is 0. The topological polar surface area (TPSA) is 78.9 Å². The minimum atomic E-state index is -0.763. The molecule has 0 N–H and O–H groups in total. The van der Waals surface area contributed by atoms with Gasteiger partial charge in [-0.15, -0.1) is 0 Å². The molecule has 1 unspecified atom stereocenters. The number of carbonyl (C=O) groups excluding carboxylic acids is 3. The summed E-state index contributed by atoms with van der Waals surface area (Å²) < 4.78 is 16.9. The summed E-state index contributed by atoms with van der Waals surface area (Å²) in [4.78, 5) is 38.1. The average Bonchev–Trinajstić information content (AvgIpc) is 3.27. The number of hydrogen-bond acceptors (Lipinski definition) is 6. The first-order valence-electron chi connectivity index (χ1n) is 28.6. The Balaban J connectivity index is 4.28. The van der Waals surface area contributed by atoms with Gasteiger partial charge in [-0.25, -0.2) is 0 Å². The fourth-order valence-electron chi connectivity index (χ4n) is 8.79. The van der Waals surface area contributed by atoms with Crippen molar-refractivity contribution in [2.45, 2.75) is 324 Å². The smallest absolute Gasteiger partial charge is 0.306 e. The maximum Gasteiger partial charge on any atom is 0.306 e. The van der Waals surface area contributed by atoms with Crippen molar-refractivity contribution in [3.8, 4) is 0 Å². The van der Waals surface area contributed by atoms with E-state index >= 15 is 0 Å². The maximum atomic E-state index is 12.8. The molecular weight excluding hydrogens is 793 g/mol. The second kappa shape index (κ2) is 49.3. The molecule has 0 aromatic rings. The minimum absolute atomic E-state index is 0.0639. The van der Waals surface area contributed by atoms with Gasteiger partial charge in [0.25, 0.3) is 0 Å². The van der Waals surface area contributed by atoms with Crippen molar-refractivity contribution in [3.63, 3.8) is 0 Å². The van der Waals surface area contributed by atoms with E-state index in [9.17, 15) is 14.4 Å². The lowest BCUT2D eigenvalue weighted by atomic mass is 9.99. The predicted molar refractivity (Wildman–Crippen MR) is 275 cm³/mol. The van der Waals surface area contributed by atoms with E-state index in [1.807, 2.05) is 0 Å². The van der Waals surface area contributed by atoms with E-state index in [2.05, 4.69) is 41.5 Å². The van der Waals surface area contributed by atoms with Crippen molar-refractivity contribution >= 4 is 17.9 Å². The molecule has 0 saturated heterocycles. The zero-order valence-corrected chi connectivity index (χ0v) is 44.1. The molecule has 6 heteroatoms. The van der Waals surface area contributed by atoms with Crippen LogP contribution >= 0.6 is 0 Å². The molecule has 0 aliphatic rings. The number of hydrogen-bond donors (Lipinski definition) is 0. The van der Waals surface area contributed by atoms with Crippen LogP contribution in [0.2, 0.25) is 0 Å². The highest BCUT2D eigenvalue weighted by Crippen LogP contribution is 2.19. The van der Waals surface area contributed by atoms with Gasteiger partial charge >= 0.3 is 17.9 Å². The molecule has 0 heterocycles. The lowest BCUT2D eigenvalue weighted by molar-refractivity contribution is -0.167. The number of esters is 3. The molecule has 0 aromatic heterocycles. The van der Waals surface area contributed by atoms with Gasteiger partial charge in [0.1, 0.15) is 13.2 Å². The molecule has 0 aliphatic carbocycles. The number of ether oxygens (including phenoxy) is 3. The first kappa shape index (κ1) is 62.4. The second-order valence-corrected chi connectivity index (χ2v) is 21.1. The van der Waals surface area contributed by atoms with E-state index in [1.165, 1.54) is 199 Å². The highest BCUT2D eigenvalue weighted by atomic mass is 16.6. The molecule has 0 fully saturated rings. The van der Waals surface area contributed by atoms with Crippen LogP contribution in [0.5, 0.6) is 0 Å². The molecule has 0 rings (SSSR count). The number of rotatable bonds is 51. The SMILES string of the molecule is CCC(C)CCCCCCCCCCCCCCCCC(=O)OC[C@H](COC(=O)CCCCCCCCCCCCCCCC(C)C)OC(=O)CCCCCCCCCCCC(C)C. The molecule has 0 bridgehead atoms. The zero-order chi connectivity index (χ0) is 47.0. The van der Waals surface area contributed by atoms with E-state index in [0.717, 1.165) is 75.5 Å². The standard InChI is InChI=1S/C58H112O6/c1-7-54(6)46-40-34-28-22-16-12-8-9-13-17-23-29-35-41-47-56(59)62-50-55(64-58(61)49-43-37-31-25-19-21-27-33-39-45-53(4)5)51-63-57(60)48-42-36-30-24-18-14-10-11-15-20-26-32-38-44-52(2)3/h52-55H,7-51H2,1-6H3/t54?,55-/m1/s1. The van der Waals surface area contributed by atoms with Crippen molar-refractivity contribution in [2.75, 3.05) is 13.2 Å². The highest BCUT2D eigenvalue weighted by Gasteiger charge is 2.19. The van der Waals surface area contributed by atoms with Crippen LogP contribution in [0.3, 0.4) is 0 Å². The van der Waals surface area contributed by atoms with Crippen molar-refractivity contribution < 1.29 is 28.6 Å². The molecule has 0 spiro atoms. The van der Waals surface area contributed by atoms with Gasteiger partial charge in [-0.2, -0.15) is 0 Å². The van der Waals surface area contributed by atoms with E-state index in [4.69, 9.17) is 14.2 Å². The van der Waals surface area contributed by atoms with E-state index in [-0.39, 0.29) is 31.1 Å². The van der Waals surface area contributed by atoms with Crippen LogP contribution in [0, 0.1) is 17.8 Å². The lowest BCUT2D eigenvalue weighted by Gasteiger charge is -2.18. The van der Waals surface area contributed by atoms with Crippen LogP contribution in [-0.2, 0) is 28.6 Å². The molecule has 2 atom stereocenters. The van der Waals surface area contributed by atoms with Crippen LogP contribution in [0.25, 0.3) is 0 Å². The Hall–Kier alpha value is -1.59. The van der Waals surface area contributed by atoms with Crippen molar-refractivity contribution in [1.82, 2.24) is 0 Å². The third kappa shape index (κ3) is 49.8. The second-order valence-electron chi connectivity index (χ2n) is 21.1. The largest absolute Gasteiger partial charge is 0.462 e. The van der Waals surface area contributed by atoms with Gasteiger partial charge in [0.05, 0.1) is 0 Å². The molecule has 64 heavy (non-hydrogen) atoms. The Kier molecular flexibility index (Phi) is 48.1. The van der Waals surface area contributed by atoms with Gasteiger partial charge in [0, 0.05) is 19.3 Å². The lowest BCUT2D eigenvalue weighted by Crippen LogP contribution is -2.30. The highest BCUT2D eigenvalue weighted by molar-refractivity contribution is 5.71. The van der Waals surface area contributed by atoms with Crippen molar-refractivity contribution in [3.05, 3.63) is 0 Å². The molecule has 0 saturated carbocycles. The van der Waals surface area contributed by atoms with Gasteiger partial charge in [0.15, 0.2) is 6.10 Å². The summed E-state index contributed by atoms with van der Waals surface area (Å²) in [6, 6.07) is 0. The van der Waals surface area contributed by atoms with Crippen molar-refractivity contribution in [1.29, 1.82) is 0 Å². The fourth-order valence-corrected chi connectivity index (χ4v) is 8.79. The van der Waals surface area contributed by atoms with Crippen LogP contribution in [0.1, 0.15) is 318 Å². The van der Waals surface area contributed by atoms with Crippen LogP contribution in [0.15, 0.2) is 0 Å². The summed E-state index contributed by atoms with van der Waals surface area (Å²) in [5.41, 5.74) is 0. The number of unbranched alkanes of at least 4 members (excludes halogenated alkanes) is 33. The minimum Gasteiger partial charge on any atom is -0.462 e. The zero-order valence-electron chi connectivity index (χ0n) is 44.1. The van der Waals surface area contributed by atoms with Crippen LogP contribution < -0.4 is 0 Å². The first-order chi connectivity index (χ1) is 31.1. The summed E-state index contributed by atoms with van der Waals surface area (Å²) in [6.45, 7) is 13.8. The maximum absolute atomic E-state index is 12.8. The Morgan fingerprint density at radius 1 is 0.312 bits per heavy atom. The van der Waals surface area contributed by atoms with Crippen molar-refractivity contribution in [2.24, 2.45) is 17.8 Å². The van der Waals surface area contributed by atoms with Gasteiger partial charge in [-0.1, -0.05) is 279 Å². The summed E-state index contributed by atoms with van der Waals surface area (Å²) in [6.07, 6.45) is 50.9. The fraction of sp³-hybridized carbons (Fsp3) is 0.948. The third-order valence-electron chi connectivity index (χ3n) is 13.5. The summed E-state index contributed by atoms with van der Waals surface area (Å²) in [5.74, 6) is 1.70. The molecular formula is C58H112O6. The van der Waals surface area contributed by atoms with E-state index < -0.39 is 6.10 Å². The van der Waals surface area contributed by atoms with Gasteiger partial charge in [0.2, 0.25) is 0 Å². The molecule has 0 radical (unpaired) electrons. The summed E-state index contributed by atoms with van der Waals surface area (Å²) in [5, 5.41) is 0. The third-order valence-corrected chi connectivity index (χ3v) is 13.5. The monoisotopic (exact) mass is 905 g/mol. The van der Waals surface area contributed by atoms with E-state index in [1.54, 1.807) is 0 Å². The quantitative estimate of drug-likeness (QED) is 0.0344. The molecule has 0 aliphatic heterocycles. The molecule has 6 nitrogen and oxygen atoms in total. The van der Waals surface area contributed by atoms with Gasteiger partial charge in [-0.3, -0.25) is 14.4 Å². The van der Waals surface area contributed by atoms with Crippen LogP contribution in [0.4, 0.5) is 0 Å². The molecule has 0 aromatic carbocycles. The normalized spacial score (nSPS) is 12.6. The number of carbonyl (C=O) groups is 3. The predicted octanol–water partition coefficient (Wildman–Crippen LogP) is 18.7. The molecule has 0 amide bonds.